The number of nitrogens with one attached hydrogen (secondary N) is 2. The van der Waals surface area contributed by atoms with Gasteiger partial charge in [-0.1, -0.05) is 51.8 Å². The van der Waals surface area contributed by atoms with Crippen LogP contribution in [0.25, 0.3) is 0 Å². The van der Waals surface area contributed by atoms with Crippen molar-refractivity contribution < 1.29 is 4.79 Å². The lowest BCUT2D eigenvalue weighted by Gasteiger charge is -2.29. The Morgan fingerprint density at radius 3 is 2.60 bits per heavy atom. The molecule has 2 N–H and O–H groups in total. The van der Waals surface area contributed by atoms with Crippen LogP contribution >= 0.6 is 0 Å². The van der Waals surface area contributed by atoms with Gasteiger partial charge in [0, 0.05) is 11.7 Å². The molecule has 1 fully saturated rings. The van der Waals surface area contributed by atoms with Crippen molar-refractivity contribution in [2.24, 2.45) is 5.92 Å². The summed E-state index contributed by atoms with van der Waals surface area (Å²) in [5.41, 5.74) is 2.10. The van der Waals surface area contributed by atoms with Gasteiger partial charge >= 0.3 is 6.03 Å². The molecule has 1 aliphatic carbocycles. The number of amides is 2. The average molecular weight is 274 g/mol. The first-order valence-corrected chi connectivity index (χ1v) is 7.74. The van der Waals surface area contributed by atoms with Crippen LogP contribution in [0.4, 0.5) is 10.5 Å². The number of carbonyl (C=O) groups excluding carboxylic acids is 1. The molecule has 0 bridgehead atoms. The molecule has 0 spiro atoms. The third-order valence-corrected chi connectivity index (χ3v) is 4.26. The van der Waals surface area contributed by atoms with E-state index in [9.17, 15) is 4.79 Å². The van der Waals surface area contributed by atoms with Crippen LogP contribution in [0.15, 0.2) is 24.3 Å². The molecule has 110 valence electrons. The molecule has 3 nitrogen and oxygen atoms in total. The topological polar surface area (TPSA) is 41.1 Å². The van der Waals surface area contributed by atoms with Crippen LogP contribution in [-0.2, 0) is 0 Å². The molecule has 2 atom stereocenters. The molecule has 0 radical (unpaired) electrons. The molecule has 20 heavy (non-hydrogen) atoms. The highest BCUT2D eigenvalue weighted by molar-refractivity contribution is 5.90. The van der Waals surface area contributed by atoms with Crippen molar-refractivity contribution in [3.8, 4) is 0 Å². The Labute approximate surface area is 122 Å². The predicted molar refractivity (Wildman–Crippen MR) is 84.1 cm³/mol. The van der Waals surface area contributed by atoms with Crippen LogP contribution in [0, 0.1) is 5.92 Å². The Bertz CT molecular complexity index is 456. The number of urea groups is 1. The summed E-state index contributed by atoms with van der Waals surface area (Å²) >= 11 is 0. The SMILES string of the molecule is CC(C)c1ccccc1NC(=O)N[C@H]1CCCC[C@H]1C. The molecule has 1 aromatic rings. The van der Waals surface area contributed by atoms with Gasteiger partial charge in [0.15, 0.2) is 0 Å². The normalized spacial score (nSPS) is 22.6. The lowest BCUT2D eigenvalue weighted by molar-refractivity contribution is 0.232. The first-order valence-electron chi connectivity index (χ1n) is 7.74. The van der Waals surface area contributed by atoms with Crippen molar-refractivity contribution in [3.05, 3.63) is 29.8 Å². The van der Waals surface area contributed by atoms with Crippen molar-refractivity contribution in [1.82, 2.24) is 5.32 Å². The van der Waals surface area contributed by atoms with E-state index in [1.807, 2.05) is 18.2 Å². The van der Waals surface area contributed by atoms with Gasteiger partial charge in [-0.25, -0.2) is 4.79 Å². The van der Waals surface area contributed by atoms with E-state index < -0.39 is 0 Å². The van der Waals surface area contributed by atoms with Gasteiger partial charge in [-0.05, 0) is 36.3 Å². The van der Waals surface area contributed by atoms with Crippen LogP contribution in [0.1, 0.15) is 57.9 Å². The molecular formula is C17H26N2O. The van der Waals surface area contributed by atoms with Gasteiger partial charge in [0.2, 0.25) is 0 Å². The van der Waals surface area contributed by atoms with E-state index >= 15 is 0 Å². The lowest BCUT2D eigenvalue weighted by Crippen LogP contribution is -2.43. The second kappa shape index (κ2) is 6.78. The largest absolute Gasteiger partial charge is 0.335 e. The minimum Gasteiger partial charge on any atom is -0.335 e. The number of para-hydroxylation sites is 1. The van der Waals surface area contributed by atoms with Crippen LogP contribution in [0.5, 0.6) is 0 Å². The fourth-order valence-electron chi connectivity index (χ4n) is 2.97. The average Bonchev–Trinajstić information content (AvgIpc) is 2.41. The summed E-state index contributed by atoms with van der Waals surface area (Å²) in [4.78, 5) is 12.2. The minimum atomic E-state index is -0.0724. The fourth-order valence-corrected chi connectivity index (χ4v) is 2.97. The number of carbonyl (C=O) groups is 1. The number of hydrogen-bond acceptors (Lipinski definition) is 1. The summed E-state index contributed by atoms with van der Waals surface area (Å²) < 4.78 is 0. The van der Waals surface area contributed by atoms with E-state index in [2.05, 4.69) is 37.5 Å². The van der Waals surface area contributed by atoms with E-state index in [0.717, 1.165) is 12.1 Å². The van der Waals surface area contributed by atoms with E-state index in [1.165, 1.54) is 24.8 Å². The Hall–Kier alpha value is -1.51. The Balaban J connectivity index is 1.97. The number of rotatable bonds is 3. The Morgan fingerprint density at radius 1 is 1.20 bits per heavy atom. The standard InChI is InChI=1S/C17H26N2O/c1-12(2)14-9-5-7-11-16(14)19-17(20)18-15-10-6-4-8-13(15)3/h5,7,9,11-13,15H,4,6,8,10H2,1-3H3,(H2,18,19,20)/t13-,15+/m1/s1. The summed E-state index contributed by atoms with van der Waals surface area (Å²) in [6.45, 7) is 6.51. The summed E-state index contributed by atoms with van der Waals surface area (Å²) in [5.74, 6) is 0.981. The molecule has 1 aromatic carbocycles. The number of hydrogen-bond donors (Lipinski definition) is 2. The van der Waals surface area contributed by atoms with Gasteiger partial charge in [0.25, 0.3) is 0 Å². The molecule has 2 amide bonds. The molecule has 0 aromatic heterocycles. The molecule has 0 aliphatic heterocycles. The highest BCUT2D eigenvalue weighted by atomic mass is 16.2. The van der Waals surface area contributed by atoms with Crippen molar-refractivity contribution in [2.45, 2.75) is 58.4 Å². The van der Waals surface area contributed by atoms with E-state index in [1.54, 1.807) is 0 Å². The molecular weight excluding hydrogens is 248 g/mol. The minimum absolute atomic E-state index is 0.0724. The van der Waals surface area contributed by atoms with Crippen molar-refractivity contribution in [1.29, 1.82) is 0 Å². The lowest BCUT2D eigenvalue weighted by atomic mass is 9.86. The summed E-state index contributed by atoms with van der Waals surface area (Å²) in [6.07, 6.45) is 4.82. The molecule has 2 rings (SSSR count). The summed E-state index contributed by atoms with van der Waals surface area (Å²) in [5, 5.41) is 6.14. The maximum absolute atomic E-state index is 12.2. The van der Waals surface area contributed by atoms with E-state index in [-0.39, 0.29) is 6.03 Å². The van der Waals surface area contributed by atoms with Crippen molar-refractivity contribution >= 4 is 11.7 Å². The third kappa shape index (κ3) is 3.75. The monoisotopic (exact) mass is 274 g/mol. The second-order valence-electron chi connectivity index (χ2n) is 6.21. The van der Waals surface area contributed by atoms with Crippen molar-refractivity contribution in [2.75, 3.05) is 5.32 Å². The zero-order chi connectivity index (χ0) is 14.5. The molecule has 3 heteroatoms. The summed E-state index contributed by atoms with van der Waals surface area (Å²) in [7, 11) is 0. The quantitative estimate of drug-likeness (QED) is 0.836. The van der Waals surface area contributed by atoms with Crippen LogP contribution in [0.2, 0.25) is 0 Å². The zero-order valence-corrected chi connectivity index (χ0v) is 12.8. The maximum atomic E-state index is 12.2. The van der Waals surface area contributed by atoms with E-state index in [0.29, 0.717) is 17.9 Å². The molecule has 0 unspecified atom stereocenters. The Kier molecular flexibility index (Phi) is 5.05. The van der Waals surface area contributed by atoms with Gasteiger partial charge in [0.05, 0.1) is 0 Å². The van der Waals surface area contributed by atoms with Gasteiger partial charge in [-0.15, -0.1) is 0 Å². The molecule has 1 aliphatic rings. The molecule has 1 saturated carbocycles. The zero-order valence-electron chi connectivity index (χ0n) is 12.8. The molecule has 0 saturated heterocycles. The summed E-state index contributed by atoms with van der Waals surface area (Å²) in [6, 6.07) is 8.27. The van der Waals surface area contributed by atoms with E-state index in [4.69, 9.17) is 0 Å². The van der Waals surface area contributed by atoms with Crippen LogP contribution in [-0.4, -0.2) is 12.1 Å². The first-order chi connectivity index (χ1) is 9.58. The molecule has 0 heterocycles. The predicted octanol–water partition coefficient (Wildman–Crippen LogP) is 4.51. The van der Waals surface area contributed by atoms with Gasteiger partial charge in [-0.2, -0.15) is 0 Å². The fraction of sp³-hybridized carbons (Fsp3) is 0.588. The van der Waals surface area contributed by atoms with Crippen LogP contribution in [0.3, 0.4) is 0 Å². The smallest absolute Gasteiger partial charge is 0.319 e. The van der Waals surface area contributed by atoms with Gasteiger partial charge < -0.3 is 10.6 Å². The third-order valence-electron chi connectivity index (χ3n) is 4.26. The van der Waals surface area contributed by atoms with Crippen molar-refractivity contribution in [3.63, 3.8) is 0 Å². The van der Waals surface area contributed by atoms with Crippen LogP contribution < -0.4 is 10.6 Å². The first kappa shape index (κ1) is 14.9. The highest BCUT2D eigenvalue weighted by Gasteiger charge is 2.23. The second-order valence-corrected chi connectivity index (χ2v) is 6.21. The Morgan fingerprint density at radius 2 is 1.90 bits per heavy atom. The number of anilines is 1. The highest BCUT2D eigenvalue weighted by Crippen LogP contribution is 2.25. The van der Waals surface area contributed by atoms with Gasteiger partial charge in [0.1, 0.15) is 0 Å². The number of benzene rings is 1. The van der Waals surface area contributed by atoms with Gasteiger partial charge in [-0.3, -0.25) is 0 Å². The maximum Gasteiger partial charge on any atom is 0.319 e.